The van der Waals surface area contributed by atoms with Gasteiger partial charge in [0, 0.05) is 10.6 Å². The Kier molecular flexibility index (Phi) is 7.84. The normalized spacial score (nSPS) is 10.5. The molecule has 0 aliphatic rings. The van der Waals surface area contributed by atoms with Crippen LogP contribution in [0.5, 0.6) is 5.75 Å². The van der Waals surface area contributed by atoms with Gasteiger partial charge >= 0.3 is 5.97 Å². The van der Waals surface area contributed by atoms with Gasteiger partial charge in [0.05, 0.1) is 0 Å². The van der Waals surface area contributed by atoms with Crippen LogP contribution >= 0.6 is 11.8 Å². The summed E-state index contributed by atoms with van der Waals surface area (Å²) in [7, 11) is 0. The van der Waals surface area contributed by atoms with E-state index >= 15 is 0 Å². The third-order valence-electron chi connectivity index (χ3n) is 4.61. The first kappa shape index (κ1) is 22.6. The minimum atomic E-state index is -1.01. The van der Waals surface area contributed by atoms with Crippen molar-refractivity contribution in [2.45, 2.75) is 18.2 Å². The van der Waals surface area contributed by atoms with Gasteiger partial charge in [-0.15, -0.1) is 11.8 Å². The van der Waals surface area contributed by atoms with Gasteiger partial charge in [-0.2, -0.15) is 0 Å². The second-order valence-electron chi connectivity index (χ2n) is 6.75. The summed E-state index contributed by atoms with van der Waals surface area (Å²) in [6, 6.07) is 18.1. The van der Waals surface area contributed by atoms with Gasteiger partial charge in [0.1, 0.15) is 17.4 Å². The lowest BCUT2D eigenvalue weighted by Gasteiger charge is -2.11. The van der Waals surface area contributed by atoms with Gasteiger partial charge in [0.25, 0.3) is 0 Å². The molecule has 0 atom stereocenters. The summed E-state index contributed by atoms with van der Waals surface area (Å²) >= 11 is 1.61. The average Bonchev–Trinajstić information content (AvgIpc) is 2.77. The van der Waals surface area contributed by atoms with Gasteiger partial charge in [0.2, 0.25) is 0 Å². The lowest BCUT2D eigenvalue weighted by Crippen LogP contribution is -2.10. The van der Waals surface area contributed by atoms with Crippen molar-refractivity contribution >= 4 is 23.3 Å². The summed E-state index contributed by atoms with van der Waals surface area (Å²) < 4.78 is 32.1. The van der Waals surface area contributed by atoms with E-state index in [1.165, 1.54) is 24.3 Å². The van der Waals surface area contributed by atoms with Crippen LogP contribution in [0, 0.1) is 11.6 Å². The highest BCUT2D eigenvalue weighted by Gasteiger charge is 2.08. The predicted molar refractivity (Wildman–Crippen MR) is 120 cm³/mol. The van der Waals surface area contributed by atoms with Crippen LogP contribution < -0.4 is 4.74 Å². The molecule has 160 valence electrons. The number of aliphatic carboxylic acids is 1. The monoisotopic (exact) mass is 440 g/mol. The molecular weight excluding hydrogens is 418 g/mol. The first-order valence-electron chi connectivity index (χ1n) is 9.78. The van der Waals surface area contributed by atoms with Crippen molar-refractivity contribution in [2.24, 2.45) is 0 Å². The highest BCUT2D eigenvalue weighted by Crippen LogP contribution is 2.29. The van der Waals surface area contributed by atoms with Crippen molar-refractivity contribution in [1.29, 1.82) is 0 Å². The summed E-state index contributed by atoms with van der Waals surface area (Å²) in [5.74, 6) is -0.423. The maximum atomic E-state index is 13.4. The smallest absolute Gasteiger partial charge is 0.341 e. The molecule has 6 heteroatoms. The van der Waals surface area contributed by atoms with E-state index in [0.29, 0.717) is 11.5 Å². The SMILES string of the molecule is CCc1cc(SCC=C(c2ccc(F)cc2)c2ccc(F)cc2)ccc1OCC(=O)O. The van der Waals surface area contributed by atoms with Crippen molar-refractivity contribution in [3.8, 4) is 5.75 Å². The molecule has 0 saturated heterocycles. The zero-order valence-corrected chi connectivity index (χ0v) is 17.8. The van der Waals surface area contributed by atoms with Crippen LogP contribution in [0.1, 0.15) is 23.6 Å². The van der Waals surface area contributed by atoms with Crippen molar-refractivity contribution in [3.05, 3.63) is 101 Å². The number of ether oxygens (including phenoxy) is 1. The number of carboxylic acid groups (broad SMARTS) is 1. The Morgan fingerprint density at radius 3 is 2.06 bits per heavy atom. The second kappa shape index (κ2) is 10.8. The number of halogens is 2. The molecule has 31 heavy (non-hydrogen) atoms. The van der Waals surface area contributed by atoms with Crippen molar-refractivity contribution in [3.63, 3.8) is 0 Å². The van der Waals surface area contributed by atoms with Crippen molar-refractivity contribution < 1.29 is 23.4 Å². The fourth-order valence-electron chi connectivity index (χ4n) is 3.08. The summed E-state index contributed by atoms with van der Waals surface area (Å²) in [6.45, 7) is 1.61. The third kappa shape index (κ3) is 6.43. The molecule has 1 N–H and O–H groups in total. The minimum Gasteiger partial charge on any atom is -0.482 e. The van der Waals surface area contributed by atoms with E-state index in [1.54, 1.807) is 42.1 Å². The van der Waals surface area contributed by atoms with E-state index < -0.39 is 5.97 Å². The molecule has 0 aliphatic heterocycles. The van der Waals surface area contributed by atoms with E-state index in [4.69, 9.17) is 9.84 Å². The van der Waals surface area contributed by atoms with Crippen LogP contribution in [0.2, 0.25) is 0 Å². The summed E-state index contributed by atoms with van der Waals surface area (Å²) in [4.78, 5) is 11.8. The fraction of sp³-hybridized carbons (Fsp3) is 0.160. The molecular formula is C25H22F2O3S. The van der Waals surface area contributed by atoms with Crippen LogP contribution in [-0.2, 0) is 11.2 Å². The van der Waals surface area contributed by atoms with Gasteiger partial charge in [-0.3, -0.25) is 0 Å². The van der Waals surface area contributed by atoms with Gasteiger partial charge in [-0.05, 0) is 71.1 Å². The summed E-state index contributed by atoms with van der Waals surface area (Å²) in [6.07, 6.45) is 2.75. The molecule has 0 radical (unpaired) electrons. The molecule has 3 nitrogen and oxygen atoms in total. The zero-order chi connectivity index (χ0) is 22.2. The Morgan fingerprint density at radius 1 is 0.968 bits per heavy atom. The van der Waals surface area contributed by atoms with Crippen LogP contribution in [-0.4, -0.2) is 23.4 Å². The molecule has 0 amide bonds. The maximum Gasteiger partial charge on any atom is 0.341 e. The third-order valence-corrected chi connectivity index (χ3v) is 5.53. The van der Waals surface area contributed by atoms with E-state index in [1.807, 2.05) is 25.1 Å². The molecule has 0 bridgehead atoms. The molecule has 0 aromatic heterocycles. The number of hydrogen-bond donors (Lipinski definition) is 1. The molecule has 3 aromatic carbocycles. The first-order chi connectivity index (χ1) is 15.0. The van der Waals surface area contributed by atoms with Crippen LogP contribution in [0.25, 0.3) is 5.57 Å². The number of rotatable bonds is 9. The summed E-state index contributed by atoms with van der Waals surface area (Å²) in [5, 5.41) is 8.80. The highest BCUT2D eigenvalue weighted by molar-refractivity contribution is 7.99. The number of carbonyl (C=O) groups is 1. The van der Waals surface area contributed by atoms with Gasteiger partial charge < -0.3 is 9.84 Å². The topological polar surface area (TPSA) is 46.5 Å². The van der Waals surface area contributed by atoms with Crippen LogP contribution in [0.3, 0.4) is 0 Å². The zero-order valence-electron chi connectivity index (χ0n) is 17.0. The van der Waals surface area contributed by atoms with Crippen molar-refractivity contribution in [1.82, 2.24) is 0 Å². The van der Waals surface area contributed by atoms with E-state index in [2.05, 4.69) is 0 Å². The van der Waals surface area contributed by atoms with Gasteiger partial charge in [0.15, 0.2) is 6.61 Å². The fourth-order valence-corrected chi connectivity index (χ4v) is 3.92. The summed E-state index contributed by atoms with van der Waals surface area (Å²) in [5.41, 5.74) is 3.53. The predicted octanol–water partition coefficient (Wildman–Crippen LogP) is 6.21. The molecule has 3 aromatic rings. The highest BCUT2D eigenvalue weighted by atomic mass is 32.2. The Balaban J connectivity index is 1.80. The quantitative estimate of drug-likeness (QED) is 0.402. The standard InChI is InChI=1S/C25H22F2O3S/c1-2-17-15-22(11-12-24(17)30-16-25(28)29)31-14-13-23(18-3-7-20(26)8-4-18)19-5-9-21(27)10-6-19/h3-13,15H,2,14,16H2,1H3,(H,28,29). The maximum absolute atomic E-state index is 13.4. The molecule has 0 saturated carbocycles. The van der Waals surface area contributed by atoms with Crippen LogP contribution in [0.15, 0.2) is 77.7 Å². The lowest BCUT2D eigenvalue weighted by atomic mass is 9.98. The Hall–Kier alpha value is -3.12. The van der Waals surface area contributed by atoms with Crippen LogP contribution in [0.4, 0.5) is 8.78 Å². The number of benzene rings is 3. The largest absolute Gasteiger partial charge is 0.482 e. The molecule has 0 spiro atoms. The second-order valence-corrected chi connectivity index (χ2v) is 7.84. The molecule has 0 heterocycles. The Labute approximate surface area is 184 Å². The number of hydrogen-bond acceptors (Lipinski definition) is 3. The number of aryl methyl sites for hydroxylation is 1. The first-order valence-corrected chi connectivity index (χ1v) is 10.8. The molecule has 0 aliphatic carbocycles. The van der Waals surface area contributed by atoms with Gasteiger partial charge in [-0.1, -0.05) is 37.3 Å². The van der Waals surface area contributed by atoms with E-state index in [-0.39, 0.29) is 18.2 Å². The lowest BCUT2D eigenvalue weighted by molar-refractivity contribution is -0.139. The number of thioether (sulfide) groups is 1. The number of carboxylic acids is 1. The van der Waals surface area contributed by atoms with Gasteiger partial charge in [-0.25, -0.2) is 13.6 Å². The van der Waals surface area contributed by atoms with E-state index in [0.717, 1.165) is 33.6 Å². The van der Waals surface area contributed by atoms with E-state index in [9.17, 15) is 13.6 Å². The minimum absolute atomic E-state index is 0.311. The Morgan fingerprint density at radius 2 is 1.55 bits per heavy atom. The van der Waals surface area contributed by atoms with Crippen molar-refractivity contribution in [2.75, 3.05) is 12.4 Å². The molecule has 0 fully saturated rings. The average molecular weight is 441 g/mol. The molecule has 3 rings (SSSR count). The molecule has 0 unspecified atom stereocenters. The Bertz CT molecular complexity index is 1010.